The molecule has 2 amide bonds. The van der Waals surface area contributed by atoms with Gasteiger partial charge in [0.25, 0.3) is 10.0 Å². The van der Waals surface area contributed by atoms with Crippen molar-refractivity contribution in [2.24, 2.45) is 0 Å². The van der Waals surface area contributed by atoms with Crippen LogP contribution in [0.25, 0.3) is 0 Å². The first-order chi connectivity index (χ1) is 18.1. The molecule has 3 aromatic rings. The molecule has 38 heavy (non-hydrogen) atoms. The Morgan fingerprint density at radius 2 is 1.61 bits per heavy atom. The Morgan fingerprint density at radius 3 is 2.18 bits per heavy atom. The minimum Gasteiger partial charge on any atom is -0.355 e. The predicted molar refractivity (Wildman–Crippen MR) is 152 cm³/mol. The molecule has 0 aromatic heterocycles. The van der Waals surface area contributed by atoms with Gasteiger partial charge in [0, 0.05) is 18.1 Å². The molecule has 1 N–H and O–H groups in total. The molecule has 0 unspecified atom stereocenters. The van der Waals surface area contributed by atoms with E-state index in [9.17, 15) is 18.0 Å². The van der Waals surface area contributed by atoms with Crippen LogP contribution in [-0.4, -0.2) is 44.3 Å². The van der Waals surface area contributed by atoms with Crippen molar-refractivity contribution in [1.82, 2.24) is 10.2 Å². The molecule has 0 aliphatic heterocycles. The summed E-state index contributed by atoms with van der Waals surface area (Å²) >= 11 is 6.35. The van der Waals surface area contributed by atoms with Gasteiger partial charge in [-0.25, -0.2) is 8.42 Å². The summed E-state index contributed by atoms with van der Waals surface area (Å²) in [6.45, 7) is 7.49. The number of hydrogen-bond acceptors (Lipinski definition) is 4. The lowest BCUT2D eigenvalue weighted by Gasteiger charge is -2.33. The van der Waals surface area contributed by atoms with E-state index in [1.54, 1.807) is 30.3 Å². The monoisotopic (exact) mass is 555 g/mol. The lowest BCUT2D eigenvalue weighted by atomic mass is 10.1. The number of carbonyl (C=O) groups excluding carboxylic acids is 2. The average Bonchev–Trinajstić information content (AvgIpc) is 2.90. The Morgan fingerprint density at radius 1 is 0.947 bits per heavy atom. The number of hydrogen-bond donors (Lipinski definition) is 1. The van der Waals surface area contributed by atoms with Gasteiger partial charge in [0.15, 0.2) is 0 Å². The predicted octanol–water partition coefficient (Wildman–Crippen LogP) is 5.10. The topological polar surface area (TPSA) is 86.8 Å². The molecular weight excluding hydrogens is 522 g/mol. The summed E-state index contributed by atoms with van der Waals surface area (Å²) in [6.07, 6.45) is 0.366. The zero-order valence-corrected chi connectivity index (χ0v) is 23.7. The van der Waals surface area contributed by atoms with Crippen LogP contribution in [0.4, 0.5) is 5.69 Å². The summed E-state index contributed by atoms with van der Waals surface area (Å²) < 4.78 is 28.6. The van der Waals surface area contributed by atoms with Gasteiger partial charge in [-0.3, -0.25) is 13.9 Å². The fraction of sp³-hybridized carbons (Fsp3) is 0.310. The number of amides is 2. The van der Waals surface area contributed by atoms with Crippen molar-refractivity contribution in [2.45, 2.75) is 51.6 Å². The van der Waals surface area contributed by atoms with Crippen LogP contribution in [-0.2, 0) is 26.2 Å². The molecule has 0 bridgehead atoms. The summed E-state index contributed by atoms with van der Waals surface area (Å²) in [6, 6.07) is 19.7. The van der Waals surface area contributed by atoms with Crippen molar-refractivity contribution >= 4 is 39.1 Å². The molecule has 1 atom stereocenters. The normalized spacial score (nSPS) is 12.0. The number of halogens is 1. The molecule has 0 radical (unpaired) electrons. The number of carbonyl (C=O) groups is 2. The summed E-state index contributed by atoms with van der Waals surface area (Å²) in [5, 5.41) is 3.18. The van der Waals surface area contributed by atoms with E-state index in [0.717, 1.165) is 21.0 Å². The highest BCUT2D eigenvalue weighted by Crippen LogP contribution is 2.28. The molecule has 3 aromatic carbocycles. The van der Waals surface area contributed by atoms with Gasteiger partial charge in [-0.15, -0.1) is 0 Å². The molecule has 202 valence electrons. The number of anilines is 1. The van der Waals surface area contributed by atoms with Crippen molar-refractivity contribution in [3.8, 4) is 0 Å². The van der Waals surface area contributed by atoms with E-state index in [0.29, 0.717) is 18.0 Å². The van der Waals surface area contributed by atoms with Crippen molar-refractivity contribution in [3.63, 3.8) is 0 Å². The van der Waals surface area contributed by atoms with Crippen LogP contribution in [0.15, 0.2) is 77.7 Å². The second kappa shape index (κ2) is 12.9. The zero-order valence-electron chi connectivity index (χ0n) is 22.1. The van der Waals surface area contributed by atoms with E-state index in [2.05, 4.69) is 5.32 Å². The third-order valence-corrected chi connectivity index (χ3v) is 8.46. The van der Waals surface area contributed by atoms with Crippen LogP contribution in [0.2, 0.25) is 5.02 Å². The van der Waals surface area contributed by atoms with Gasteiger partial charge in [0.1, 0.15) is 12.6 Å². The molecule has 0 saturated carbocycles. The van der Waals surface area contributed by atoms with Gasteiger partial charge in [0.2, 0.25) is 11.8 Å². The van der Waals surface area contributed by atoms with Gasteiger partial charge in [-0.05, 0) is 62.6 Å². The first-order valence-electron chi connectivity index (χ1n) is 12.5. The van der Waals surface area contributed by atoms with Crippen molar-refractivity contribution < 1.29 is 18.0 Å². The molecule has 0 fully saturated rings. The third kappa shape index (κ3) is 6.94. The quantitative estimate of drug-likeness (QED) is 0.357. The highest BCUT2D eigenvalue weighted by atomic mass is 35.5. The van der Waals surface area contributed by atoms with E-state index >= 15 is 0 Å². The number of rotatable bonds is 11. The van der Waals surface area contributed by atoms with Crippen molar-refractivity contribution in [3.05, 3.63) is 94.5 Å². The number of nitrogens with one attached hydrogen (secondary N) is 1. The molecule has 0 aliphatic carbocycles. The Kier molecular flexibility index (Phi) is 9.94. The fourth-order valence-electron chi connectivity index (χ4n) is 4.09. The first kappa shape index (κ1) is 29.2. The van der Waals surface area contributed by atoms with Crippen LogP contribution in [0.5, 0.6) is 0 Å². The summed E-state index contributed by atoms with van der Waals surface area (Å²) in [4.78, 5) is 28.4. The molecule has 0 saturated heterocycles. The van der Waals surface area contributed by atoms with Gasteiger partial charge >= 0.3 is 0 Å². The molecule has 0 spiro atoms. The number of aryl methyl sites for hydroxylation is 2. The van der Waals surface area contributed by atoms with Crippen molar-refractivity contribution in [1.29, 1.82) is 0 Å². The Hall–Kier alpha value is -3.36. The average molecular weight is 556 g/mol. The molecule has 3 rings (SSSR count). The zero-order chi connectivity index (χ0) is 27.9. The summed E-state index contributed by atoms with van der Waals surface area (Å²) in [7, 11) is -4.13. The van der Waals surface area contributed by atoms with E-state index in [4.69, 9.17) is 11.6 Å². The Bertz CT molecular complexity index is 1360. The fourth-order valence-corrected chi connectivity index (χ4v) is 5.69. The molecule has 0 aliphatic rings. The van der Waals surface area contributed by atoms with E-state index in [1.807, 2.05) is 52.0 Å². The van der Waals surface area contributed by atoms with Crippen LogP contribution in [0.1, 0.15) is 37.0 Å². The van der Waals surface area contributed by atoms with Gasteiger partial charge in [-0.1, -0.05) is 72.6 Å². The molecule has 0 heterocycles. The largest absolute Gasteiger partial charge is 0.355 e. The smallest absolute Gasteiger partial charge is 0.264 e. The SMILES string of the molecule is CCNC(=O)[C@@H](CC)N(Cc1ccc(C)cc1)C(=O)CN(c1ccc(C)c(Cl)c1)S(=O)(=O)c1ccccc1. The molecule has 9 heteroatoms. The second-order valence-corrected chi connectivity index (χ2v) is 11.4. The maximum atomic E-state index is 13.9. The highest BCUT2D eigenvalue weighted by Gasteiger charge is 2.33. The number of sulfonamides is 1. The van der Waals surface area contributed by atoms with Crippen LogP contribution in [0.3, 0.4) is 0 Å². The minimum atomic E-state index is -4.13. The highest BCUT2D eigenvalue weighted by molar-refractivity contribution is 7.92. The number of nitrogens with zero attached hydrogens (tertiary/aromatic N) is 2. The van der Waals surface area contributed by atoms with Crippen LogP contribution >= 0.6 is 11.6 Å². The second-order valence-electron chi connectivity index (χ2n) is 9.08. The first-order valence-corrected chi connectivity index (χ1v) is 14.4. The lowest BCUT2D eigenvalue weighted by molar-refractivity contribution is -0.140. The number of likely N-dealkylation sites (N-methyl/N-ethyl adjacent to an activating group) is 1. The minimum absolute atomic E-state index is 0.0466. The maximum absolute atomic E-state index is 13.9. The third-order valence-electron chi connectivity index (χ3n) is 6.26. The van der Waals surface area contributed by atoms with Gasteiger partial charge in [0.05, 0.1) is 10.6 Å². The molecule has 7 nitrogen and oxygen atoms in total. The number of benzene rings is 3. The van der Waals surface area contributed by atoms with Crippen LogP contribution < -0.4 is 9.62 Å². The van der Waals surface area contributed by atoms with E-state index in [1.165, 1.54) is 23.1 Å². The Balaban J connectivity index is 2.06. The lowest BCUT2D eigenvalue weighted by Crippen LogP contribution is -2.52. The maximum Gasteiger partial charge on any atom is 0.264 e. The summed E-state index contributed by atoms with van der Waals surface area (Å²) in [5.41, 5.74) is 2.95. The van der Waals surface area contributed by atoms with E-state index < -0.39 is 28.5 Å². The summed E-state index contributed by atoms with van der Waals surface area (Å²) in [5.74, 6) is -0.786. The van der Waals surface area contributed by atoms with E-state index in [-0.39, 0.29) is 23.0 Å². The van der Waals surface area contributed by atoms with Gasteiger partial charge < -0.3 is 10.2 Å². The van der Waals surface area contributed by atoms with Gasteiger partial charge in [-0.2, -0.15) is 0 Å². The van der Waals surface area contributed by atoms with Crippen molar-refractivity contribution in [2.75, 3.05) is 17.4 Å². The Labute approximate surface area is 230 Å². The van der Waals surface area contributed by atoms with Crippen LogP contribution in [0, 0.1) is 13.8 Å². The standard InChI is InChI=1S/C29H34ClN3O4S/c1-5-27(29(35)31-6-2)32(19-23-15-12-21(3)13-16-23)28(34)20-33(24-17-14-22(4)26(30)18-24)38(36,37)25-10-8-7-9-11-25/h7-18,27H,5-6,19-20H2,1-4H3,(H,31,35)/t27-/m1/s1. The molecular formula is C29H34ClN3O4S.